The first-order chi connectivity index (χ1) is 14.2. The fourth-order valence-corrected chi connectivity index (χ4v) is 4.92. The zero-order chi connectivity index (χ0) is 19.8. The largest absolute Gasteiger partial charge is 0.325 e. The first-order valence-corrected chi connectivity index (χ1v) is 10.9. The number of nitrogens with one attached hydrogen (secondary N) is 1. The van der Waals surface area contributed by atoms with Crippen molar-refractivity contribution in [2.24, 2.45) is 5.92 Å². The van der Waals surface area contributed by atoms with E-state index in [0.29, 0.717) is 0 Å². The summed E-state index contributed by atoms with van der Waals surface area (Å²) in [4.78, 5) is 15.4. The molecule has 148 valence electrons. The highest BCUT2D eigenvalue weighted by Gasteiger charge is 2.26. The number of carbonyl (C=O) groups excluding carboxylic acids is 1. The quantitative estimate of drug-likeness (QED) is 0.627. The van der Waals surface area contributed by atoms with Crippen molar-refractivity contribution in [2.75, 3.05) is 18.4 Å². The molecule has 3 aromatic carbocycles. The van der Waals surface area contributed by atoms with E-state index in [4.69, 9.17) is 11.6 Å². The van der Waals surface area contributed by atoms with E-state index in [-0.39, 0.29) is 11.8 Å². The van der Waals surface area contributed by atoms with E-state index in [1.807, 2.05) is 12.1 Å². The van der Waals surface area contributed by atoms with Gasteiger partial charge in [-0.2, -0.15) is 0 Å². The number of anilines is 1. The van der Waals surface area contributed by atoms with Gasteiger partial charge < -0.3 is 5.32 Å². The van der Waals surface area contributed by atoms with Crippen LogP contribution in [0.1, 0.15) is 29.5 Å². The van der Waals surface area contributed by atoms with Gasteiger partial charge in [0.15, 0.2) is 0 Å². The minimum absolute atomic E-state index is 0.0829. The van der Waals surface area contributed by atoms with Gasteiger partial charge in [0.25, 0.3) is 0 Å². The number of likely N-dealkylation sites (tertiary alicyclic amines) is 1. The topological polar surface area (TPSA) is 32.3 Å². The Morgan fingerprint density at radius 1 is 0.966 bits per heavy atom. The van der Waals surface area contributed by atoms with Gasteiger partial charge in [0.1, 0.15) is 0 Å². The highest BCUT2D eigenvalue weighted by Crippen LogP contribution is 2.35. The molecular weight excluding hydrogens is 380 g/mol. The first-order valence-electron chi connectivity index (χ1n) is 10.5. The molecule has 0 spiro atoms. The van der Waals surface area contributed by atoms with Crippen LogP contribution in [0.2, 0.25) is 5.02 Å². The normalized spacial score (nSPS) is 17.0. The SMILES string of the molecule is O=C(Nc1ccc2c3c(cccc13)CC2)C1CCN(Cc2ccc(Cl)cc2)CC1. The van der Waals surface area contributed by atoms with Crippen LogP contribution in [0.15, 0.2) is 54.6 Å². The average Bonchev–Trinajstić information content (AvgIpc) is 3.17. The molecule has 2 aliphatic rings. The molecule has 29 heavy (non-hydrogen) atoms. The van der Waals surface area contributed by atoms with Gasteiger partial charge in [0.2, 0.25) is 5.91 Å². The van der Waals surface area contributed by atoms with Crippen LogP contribution in [0.25, 0.3) is 10.8 Å². The molecular formula is C25H25ClN2O. The maximum Gasteiger partial charge on any atom is 0.227 e. The molecule has 5 rings (SSSR count). The number of nitrogens with zero attached hydrogens (tertiary/aromatic N) is 1. The summed E-state index contributed by atoms with van der Waals surface area (Å²) >= 11 is 5.97. The summed E-state index contributed by atoms with van der Waals surface area (Å²) in [7, 11) is 0. The zero-order valence-corrected chi connectivity index (χ0v) is 17.2. The smallest absolute Gasteiger partial charge is 0.227 e. The zero-order valence-electron chi connectivity index (χ0n) is 16.5. The second kappa shape index (κ2) is 7.81. The Labute approximate surface area is 176 Å². The van der Waals surface area contributed by atoms with E-state index in [1.54, 1.807) is 0 Å². The van der Waals surface area contributed by atoms with Crippen LogP contribution in [0.5, 0.6) is 0 Å². The summed E-state index contributed by atoms with van der Waals surface area (Å²) < 4.78 is 0. The molecule has 0 radical (unpaired) electrons. The Kier molecular flexibility index (Phi) is 5.03. The molecule has 1 saturated heterocycles. The Hall–Kier alpha value is -2.36. The molecule has 0 bridgehead atoms. The molecule has 1 fully saturated rings. The number of benzene rings is 3. The monoisotopic (exact) mass is 404 g/mol. The van der Waals surface area contributed by atoms with Crippen molar-refractivity contribution in [1.82, 2.24) is 4.90 Å². The number of hydrogen-bond acceptors (Lipinski definition) is 2. The van der Waals surface area contributed by atoms with Gasteiger partial charge in [0.05, 0.1) is 0 Å². The molecule has 0 unspecified atom stereocenters. The Morgan fingerprint density at radius 3 is 2.45 bits per heavy atom. The molecule has 1 amide bonds. The predicted molar refractivity (Wildman–Crippen MR) is 119 cm³/mol. The molecule has 3 nitrogen and oxygen atoms in total. The van der Waals surface area contributed by atoms with E-state index in [1.165, 1.54) is 27.5 Å². The highest BCUT2D eigenvalue weighted by molar-refractivity contribution is 6.30. The molecule has 4 heteroatoms. The first kappa shape index (κ1) is 18.7. The van der Waals surface area contributed by atoms with Gasteiger partial charge in [-0.05, 0) is 79.0 Å². The van der Waals surface area contributed by atoms with E-state index in [2.05, 4.69) is 52.7 Å². The van der Waals surface area contributed by atoms with E-state index < -0.39 is 0 Å². The number of rotatable bonds is 4. The second-order valence-electron chi connectivity index (χ2n) is 8.28. The average molecular weight is 405 g/mol. The minimum Gasteiger partial charge on any atom is -0.325 e. The van der Waals surface area contributed by atoms with Crippen molar-refractivity contribution in [3.8, 4) is 0 Å². The Morgan fingerprint density at radius 2 is 1.69 bits per heavy atom. The number of piperidine rings is 1. The lowest BCUT2D eigenvalue weighted by Gasteiger charge is -2.31. The molecule has 1 heterocycles. The van der Waals surface area contributed by atoms with Crippen molar-refractivity contribution >= 4 is 34.0 Å². The summed E-state index contributed by atoms with van der Waals surface area (Å²) in [5.41, 5.74) is 5.04. The summed E-state index contributed by atoms with van der Waals surface area (Å²) in [6.45, 7) is 2.81. The van der Waals surface area contributed by atoms with Gasteiger partial charge in [0, 0.05) is 28.6 Å². The fourth-order valence-electron chi connectivity index (χ4n) is 4.79. The number of aryl methyl sites for hydroxylation is 2. The van der Waals surface area contributed by atoms with Crippen LogP contribution in [0, 0.1) is 5.92 Å². The van der Waals surface area contributed by atoms with Crippen molar-refractivity contribution in [2.45, 2.75) is 32.2 Å². The molecule has 1 aliphatic carbocycles. The second-order valence-corrected chi connectivity index (χ2v) is 8.71. The number of carbonyl (C=O) groups is 1. The Balaban J connectivity index is 1.23. The van der Waals surface area contributed by atoms with Gasteiger partial charge in [-0.3, -0.25) is 9.69 Å². The van der Waals surface area contributed by atoms with Crippen LogP contribution in [-0.2, 0) is 24.2 Å². The lowest BCUT2D eigenvalue weighted by Crippen LogP contribution is -2.37. The molecule has 1 aliphatic heterocycles. The van der Waals surface area contributed by atoms with Crippen LogP contribution in [0.4, 0.5) is 5.69 Å². The van der Waals surface area contributed by atoms with Crippen molar-refractivity contribution in [3.05, 3.63) is 76.3 Å². The van der Waals surface area contributed by atoms with E-state index in [9.17, 15) is 4.79 Å². The third kappa shape index (κ3) is 3.77. The van der Waals surface area contributed by atoms with Crippen molar-refractivity contribution in [1.29, 1.82) is 0 Å². The van der Waals surface area contributed by atoms with Crippen molar-refractivity contribution < 1.29 is 4.79 Å². The lowest BCUT2D eigenvalue weighted by atomic mass is 9.95. The summed E-state index contributed by atoms with van der Waals surface area (Å²) in [6.07, 6.45) is 4.02. The number of halogens is 1. The summed E-state index contributed by atoms with van der Waals surface area (Å²) in [5, 5.41) is 6.54. The van der Waals surface area contributed by atoms with Crippen LogP contribution < -0.4 is 5.32 Å². The number of hydrogen-bond donors (Lipinski definition) is 1. The molecule has 3 aromatic rings. The van der Waals surface area contributed by atoms with Crippen LogP contribution in [-0.4, -0.2) is 23.9 Å². The molecule has 1 N–H and O–H groups in total. The lowest BCUT2D eigenvalue weighted by molar-refractivity contribution is -0.121. The van der Waals surface area contributed by atoms with Crippen LogP contribution in [0.3, 0.4) is 0 Å². The molecule has 0 saturated carbocycles. The van der Waals surface area contributed by atoms with Gasteiger partial charge in [-0.25, -0.2) is 0 Å². The van der Waals surface area contributed by atoms with E-state index >= 15 is 0 Å². The van der Waals surface area contributed by atoms with Gasteiger partial charge in [-0.1, -0.05) is 48.0 Å². The maximum atomic E-state index is 13.0. The third-order valence-corrected chi connectivity index (χ3v) is 6.66. The number of amides is 1. The highest BCUT2D eigenvalue weighted by atomic mass is 35.5. The summed E-state index contributed by atoms with van der Waals surface area (Å²) in [6, 6.07) is 18.8. The fraction of sp³-hybridized carbons (Fsp3) is 0.320. The molecule has 0 atom stereocenters. The van der Waals surface area contributed by atoms with Crippen molar-refractivity contribution in [3.63, 3.8) is 0 Å². The van der Waals surface area contributed by atoms with E-state index in [0.717, 1.165) is 56.0 Å². The summed E-state index contributed by atoms with van der Waals surface area (Å²) in [5.74, 6) is 0.245. The molecule has 0 aromatic heterocycles. The predicted octanol–water partition coefficient (Wildman–Crippen LogP) is 5.44. The van der Waals surface area contributed by atoms with Gasteiger partial charge >= 0.3 is 0 Å². The minimum atomic E-state index is 0.0829. The Bertz CT molecular complexity index is 1040. The van der Waals surface area contributed by atoms with Crippen LogP contribution >= 0.6 is 11.6 Å². The van der Waals surface area contributed by atoms with Gasteiger partial charge in [-0.15, -0.1) is 0 Å². The third-order valence-electron chi connectivity index (χ3n) is 6.41. The standard InChI is InChI=1S/C25H25ClN2O/c26-21-9-4-17(5-10-21)16-28-14-12-20(13-15-28)25(29)27-23-11-8-19-7-6-18-2-1-3-22(23)24(18)19/h1-5,8-11,20H,6-7,12-16H2,(H,27,29). The maximum absolute atomic E-state index is 13.0.